The zero-order chi connectivity index (χ0) is 15.2. The Kier molecular flexibility index (Phi) is 6.15. The number of carbonyl (C=O) groups is 1. The summed E-state index contributed by atoms with van der Waals surface area (Å²) in [5, 5.41) is 3.52. The second-order valence-corrected chi connectivity index (χ2v) is 6.87. The van der Waals surface area contributed by atoms with Crippen LogP contribution in [0.25, 0.3) is 0 Å². The summed E-state index contributed by atoms with van der Waals surface area (Å²) < 4.78 is 1.07. The number of nitrogens with one attached hydrogen (secondary N) is 1. The average Bonchev–Trinajstić information content (AvgIpc) is 2.45. The highest BCUT2D eigenvalue weighted by Crippen LogP contribution is 2.23. The summed E-state index contributed by atoms with van der Waals surface area (Å²) in [4.78, 5) is 12.0. The lowest BCUT2D eigenvalue weighted by Crippen LogP contribution is -2.15. The Balaban J connectivity index is 1.85. The molecule has 0 atom stereocenters. The van der Waals surface area contributed by atoms with E-state index < -0.39 is 0 Å². The van der Waals surface area contributed by atoms with Crippen LogP contribution in [0.5, 0.6) is 0 Å². The van der Waals surface area contributed by atoms with Gasteiger partial charge in [-0.15, -0.1) is 11.8 Å². The maximum absolute atomic E-state index is 12.0. The van der Waals surface area contributed by atoms with Gasteiger partial charge in [0, 0.05) is 20.9 Å². The predicted molar refractivity (Wildman–Crippen MR) is 95.1 cm³/mol. The number of benzene rings is 2. The molecule has 2 aromatic carbocycles. The van der Waals surface area contributed by atoms with E-state index in [1.807, 2.05) is 37.3 Å². The number of rotatable bonds is 5. The third kappa shape index (κ3) is 5.06. The van der Waals surface area contributed by atoms with Crippen molar-refractivity contribution in [2.75, 3.05) is 11.1 Å². The van der Waals surface area contributed by atoms with Crippen LogP contribution in [0, 0.1) is 6.92 Å². The van der Waals surface area contributed by atoms with Crippen LogP contribution >= 0.6 is 39.3 Å². The van der Waals surface area contributed by atoms with Crippen LogP contribution in [-0.4, -0.2) is 11.7 Å². The SMILES string of the molecule is Cc1ccc(Cl)cc1NC(=O)CSCc1ccccc1Br. The standard InChI is InChI=1S/C16H15BrClNOS/c1-11-6-7-13(18)8-15(11)19-16(20)10-21-9-12-4-2-3-5-14(12)17/h2-8H,9-10H2,1H3,(H,19,20). The highest BCUT2D eigenvalue weighted by molar-refractivity contribution is 9.10. The fourth-order valence-electron chi connectivity index (χ4n) is 1.78. The fourth-order valence-corrected chi connectivity index (χ4v) is 3.40. The van der Waals surface area contributed by atoms with Crippen molar-refractivity contribution in [1.29, 1.82) is 0 Å². The Hall–Kier alpha value is -0.970. The van der Waals surface area contributed by atoms with Gasteiger partial charge in [-0.2, -0.15) is 0 Å². The minimum Gasteiger partial charge on any atom is -0.325 e. The molecule has 0 fully saturated rings. The second-order valence-electron chi connectivity index (χ2n) is 4.59. The first kappa shape index (κ1) is 16.4. The molecular formula is C16H15BrClNOS. The van der Waals surface area contributed by atoms with Crippen LogP contribution in [0.4, 0.5) is 5.69 Å². The topological polar surface area (TPSA) is 29.1 Å². The summed E-state index contributed by atoms with van der Waals surface area (Å²) in [5.41, 5.74) is 2.96. The molecule has 0 heterocycles. The summed E-state index contributed by atoms with van der Waals surface area (Å²) in [7, 11) is 0. The average molecular weight is 385 g/mol. The third-order valence-corrected chi connectivity index (χ3v) is 4.91. The monoisotopic (exact) mass is 383 g/mol. The molecule has 0 radical (unpaired) electrons. The van der Waals surface area contributed by atoms with Crippen molar-refractivity contribution in [2.24, 2.45) is 0 Å². The van der Waals surface area contributed by atoms with Gasteiger partial charge < -0.3 is 5.32 Å². The molecule has 0 unspecified atom stereocenters. The minimum absolute atomic E-state index is 0.0163. The summed E-state index contributed by atoms with van der Waals surface area (Å²) in [6.07, 6.45) is 0. The molecule has 1 N–H and O–H groups in total. The molecule has 110 valence electrons. The molecule has 0 bridgehead atoms. The van der Waals surface area contributed by atoms with Gasteiger partial charge in [-0.25, -0.2) is 0 Å². The Morgan fingerprint density at radius 1 is 1.29 bits per heavy atom. The first-order chi connectivity index (χ1) is 10.1. The van der Waals surface area contributed by atoms with Gasteiger partial charge in [-0.1, -0.05) is 51.8 Å². The lowest BCUT2D eigenvalue weighted by atomic mass is 10.2. The van der Waals surface area contributed by atoms with Crippen molar-refractivity contribution in [2.45, 2.75) is 12.7 Å². The molecule has 0 aliphatic carbocycles. The Morgan fingerprint density at radius 3 is 2.81 bits per heavy atom. The number of hydrogen-bond donors (Lipinski definition) is 1. The summed E-state index contributed by atoms with van der Waals surface area (Å²) in [6.45, 7) is 1.94. The van der Waals surface area contributed by atoms with Gasteiger partial charge in [0.05, 0.1) is 5.75 Å². The van der Waals surface area contributed by atoms with E-state index >= 15 is 0 Å². The van der Waals surface area contributed by atoms with Crippen LogP contribution in [0.15, 0.2) is 46.9 Å². The van der Waals surface area contributed by atoms with Crippen LogP contribution in [0.3, 0.4) is 0 Å². The predicted octanol–water partition coefficient (Wildman–Crippen LogP) is 5.28. The number of halogens is 2. The first-order valence-corrected chi connectivity index (χ1v) is 8.76. The molecule has 1 amide bonds. The second kappa shape index (κ2) is 7.87. The smallest absolute Gasteiger partial charge is 0.234 e. The van der Waals surface area contributed by atoms with Crippen molar-refractivity contribution in [1.82, 2.24) is 0 Å². The van der Waals surface area contributed by atoms with Crippen LogP contribution < -0.4 is 5.32 Å². The molecule has 0 saturated carbocycles. The van der Waals surface area contributed by atoms with Crippen LogP contribution in [0.1, 0.15) is 11.1 Å². The van der Waals surface area contributed by atoms with Gasteiger partial charge in [0.1, 0.15) is 0 Å². The van der Waals surface area contributed by atoms with Gasteiger partial charge in [-0.3, -0.25) is 4.79 Å². The minimum atomic E-state index is -0.0163. The van der Waals surface area contributed by atoms with Gasteiger partial charge in [0.2, 0.25) is 5.91 Å². The molecule has 21 heavy (non-hydrogen) atoms. The number of amides is 1. The van der Waals surface area contributed by atoms with Crippen molar-refractivity contribution in [3.05, 3.63) is 63.1 Å². The van der Waals surface area contributed by atoms with Crippen LogP contribution in [0.2, 0.25) is 5.02 Å². The van der Waals surface area contributed by atoms with Gasteiger partial charge in [0.25, 0.3) is 0 Å². The Morgan fingerprint density at radius 2 is 2.05 bits per heavy atom. The van der Waals surface area contributed by atoms with Crippen molar-refractivity contribution >= 4 is 50.9 Å². The highest BCUT2D eigenvalue weighted by Gasteiger charge is 2.06. The molecule has 0 aliphatic rings. The van der Waals surface area contributed by atoms with Crippen molar-refractivity contribution < 1.29 is 4.79 Å². The first-order valence-electron chi connectivity index (χ1n) is 6.43. The lowest BCUT2D eigenvalue weighted by molar-refractivity contribution is -0.113. The molecule has 0 aliphatic heterocycles. The number of anilines is 1. The molecule has 2 rings (SSSR count). The molecule has 5 heteroatoms. The maximum atomic E-state index is 12.0. The third-order valence-electron chi connectivity index (χ3n) is 2.92. The quantitative estimate of drug-likeness (QED) is 0.759. The van der Waals surface area contributed by atoms with Crippen LogP contribution in [-0.2, 0) is 10.5 Å². The van der Waals surface area contributed by atoms with Gasteiger partial charge >= 0.3 is 0 Å². The number of carbonyl (C=O) groups excluding carboxylic acids is 1. The number of hydrogen-bond acceptors (Lipinski definition) is 2. The Labute approximate surface area is 142 Å². The number of thioether (sulfide) groups is 1. The lowest BCUT2D eigenvalue weighted by Gasteiger charge is -2.09. The molecule has 0 saturated heterocycles. The highest BCUT2D eigenvalue weighted by atomic mass is 79.9. The van der Waals surface area contributed by atoms with E-state index in [2.05, 4.69) is 27.3 Å². The zero-order valence-corrected chi connectivity index (χ0v) is 14.7. The van der Waals surface area contributed by atoms with E-state index in [0.29, 0.717) is 10.8 Å². The number of aryl methyl sites for hydroxylation is 1. The van der Waals surface area contributed by atoms with E-state index in [9.17, 15) is 4.79 Å². The summed E-state index contributed by atoms with van der Waals surface area (Å²) in [6, 6.07) is 13.5. The molecule has 0 aromatic heterocycles. The summed E-state index contributed by atoms with van der Waals surface area (Å²) in [5.74, 6) is 1.19. The summed E-state index contributed by atoms with van der Waals surface area (Å²) >= 11 is 11.0. The Bertz CT molecular complexity index is 648. The molecule has 0 spiro atoms. The maximum Gasteiger partial charge on any atom is 0.234 e. The zero-order valence-electron chi connectivity index (χ0n) is 11.5. The van der Waals surface area contributed by atoms with E-state index in [1.165, 1.54) is 5.56 Å². The van der Waals surface area contributed by atoms with Gasteiger partial charge in [-0.05, 0) is 36.2 Å². The van der Waals surface area contributed by atoms with Gasteiger partial charge in [0.15, 0.2) is 0 Å². The van der Waals surface area contributed by atoms with Crippen molar-refractivity contribution in [3.63, 3.8) is 0 Å². The van der Waals surface area contributed by atoms with E-state index in [1.54, 1.807) is 17.8 Å². The molecular weight excluding hydrogens is 370 g/mol. The largest absolute Gasteiger partial charge is 0.325 e. The fraction of sp³-hybridized carbons (Fsp3) is 0.188. The molecule has 2 nitrogen and oxygen atoms in total. The van der Waals surface area contributed by atoms with Crippen molar-refractivity contribution in [3.8, 4) is 0 Å². The molecule has 2 aromatic rings. The normalized spacial score (nSPS) is 10.4. The van der Waals surface area contributed by atoms with E-state index in [-0.39, 0.29) is 5.91 Å². The van der Waals surface area contributed by atoms with E-state index in [4.69, 9.17) is 11.6 Å². The van der Waals surface area contributed by atoms with E-state index in [0.717, 1.165) is 21.5 Å².